The number of hydrogen-bond acceptors (Lipinski definition) is 3. The van der Waals surface area contributed by atoms with Crippen LogP contribution < -0.4 is 4.72 Å². The van der Waals surface area contributed by atoms with E-state index in [1.54, 1.807) is 6.92 Å². The molecule has 0 spiro atoms. The number of aromatic carboxylic acids is 1. The van der Waals surface area contributed by atoms with Crippen LogP contribution in [0.5, 0.6) is 0 Å². The van der Waals surface area contributed by atoms with Gasteiger partial charge in [-0.25, -0.2) is 17.9 Å². The number of rotatable bonds is 6. The Balaban J connectivity index is 2.21. The summed E-state index contributed by atoms with van der Waals surface area (Å²) in [6.45, 7) is 4.11. The van der Waals surface area contributed by atoms with Crippen molar-refractivity contribution in [3.63, 3.8) is 0 Å². The fraction of sp³-hybridized carbons (Fsp3) is 0.500. The summed E-state index contributed by atoms with van der Waals surface area (Å²) in [7, 11) is -3.65. The first-order valence-electron chi connectivity index (χ1n) is 6.63. The van der Waals surface area contributed by atoms with Gasteiger partial charge in [-0.3, -0.25) is 0 Å². The van der Waals surface area contributed by atoms with Gasteiger partial charge in [0, 0.05) is 6.54 Å². The molecule has 20 heavy (non-hydrogen) atoms. The third kappa shape index (κ3) is 3.02. The number of hydrogen-bond donors (Lipinski definition) is 2. The van der Waals surface area contributed by atoms with Crippen molar-refractivity contribution in [2.24, 2.45) is 5.41 Å². The molecule has 110 valence electrons. The number of aryl methyl sites for hydroxylation is 1. The van der Waals surface area contributed by atoms with Crippen LogP contribution in [0.4, 0.5) is 0 Å². The lowest BCUT2D eigenvalue weighted by Gasteiger charge is -2.14. The quantitative estimate of drug-likeness (QED) is 0.843. The zero-order valence-electron chi connectivity index (χ0n) is 11.6. The van der Waals surface area contributed by atoms with Crippen molar-refractivity contribution in [2.75, 3.05) is 6.54 Å². The van der Waals surface area contributed by atoms with Crippen molar-refractivity contribution in [1.82, 2.24) is 4.72 Å². The summed E-state index contributed by atoms with van der Waals surface area (Å²) in [6.07, 6.45) is 3.03. The van der Waals surface area contributed by atoms with Gasteiger partial charge in [0.15, 0.2) is 0 Å². The van der Waals surface area contributed by atoms with Crippen LogP contribution in [0.3, 0.4) is 0 Å². The van der Waals surface area contributed by atoms with Gasteiger partial charge in [0.25, 0.3) is 0 Å². The Labute approximate surface area is 119 Å². The molecule has 0 aliphatic heterocycles. The number of benzene rings is 1. The van der Waals surface area contributed by atoms with E-state index in [9.17, 15) is 13.2 Å². The minimum atomic E-state index is -3.65. The Morgan fingerprint density at radius 3 is 2.55 bits per heavy atom. The highest BCUT2D eigenvalue weighted by atomic mass is 32.2. The first-order valence-corrected chi connectivity index (χ1v) is 8.12. The fourth-order valence-electron chi connectivity index (χ4n) is 2.16. The Kier molecular flexibility index (Phi) is 3.88. The standard InChI is InChI=1S/C14H19NO4S/c1-3-14(6-7-14)9-15-20(18,19)11-5-4-10(2)12(8-11)13(16)17/h4-5,8,15H,3,6-7,9H2,1-2H3,(H,16,17). The molecule has 6 heteroatoms. The minimum absolute atomic E-state index is 0.00685. The fourth-order valence-corrected chi connectivity index (χ4v) is 3.35. The van der Waals surface area contributed by atoms with Crippen LogP contribution >= 0.6 is 0 Å². The average Bonchev–Trinajstić information content (AvgIpc) is 3.17. The number of nitrogens with one attached hydrogen (secondary N) is 1. The maximum absolute atomic E-state index is 12.2. The van der Waals surface area contributed by atoms with Crippen LogP contribution in [0.25, 0.3) is 0 Å². The monoisotopic (exact) mass is 297 g/mol. The molecule has 0 heterocycles. The second-order valence-corrected chi connectivity index (χ2v) is 7.23. The van der Waals surface area contributed by atoms with Gasteiger partial charge in [0.05, 0.1) is 10.5 Å². The third-order valence-electron chi connectivity index (χ3n) is 4.09. The zero-order chi connectivity index (χ0) is 15.0. The molecule has 0 amide bonds. The van der Waals surface area contributed by atoms with Crippen LogP contribution in [-0.2, 0) is 10.0 Å². The normalized spacial score (nSPS) is 16.9. The highest BCUT2D eigenvalue weighted by Crippen LogP contribution is 2.48. The first-order chi connectivity index (χ1) is 9.30. The molecular weight excluding hydrogens is 278 g/mol. The number of carboxylic acid groups (broad SMARTS) is 1. The van der Waals surface area contributed by atoms with E-state index in [-0.39, 0.29) is 15.9 Å². The van der Waals surface area contributed by atoms with Gasteiger partial charge in [-0.05, 0) is 49.3 Å². The van der Waals surface area contributed by atoms with Crippen molar-refractivity contribution in [3.05, 3.63) is 29.3 Å². The molecule has 0 unspecified atom stereocenters. The molecule has 0 radical (unpaired) electrons. The lowest BCUT2D eigenvalue weighted by atomic mass is 10.1. The van der Waals surface area contributed by atoms with Gasteiger partial charge < -0.3 is 5.11 Å². The molecule has 0 saturated heterocycles. The summed E-state index contributed by atoms with van der Waals surface area (Å²) in [5.41, 5.74) is 0.668. The molecule has 0 aromatic heterocycles. The second kappa shape index (κ2) is 5.18. The molecule has 1 aliphatic rings. The number of sulfonamides is 1. The average molecular weight is 297 g/mol. The van der Waals surface area contributed by atoms with Gasteiger partial charge in [-0.2, -0.15) is 0 Å². The van der Waals surface area contributed by atoms with Crippen LogP contribution in [0.2, 0.25) is 0 Å². The first kappa shape index (κ1) is 15.0. The molecular formula is C14H19NO4S. The zero-order valence-corrected chi connectivity index (χ0v) is 12.5. The van der Waals surface area contributed by atoms with Crippen LogP contribution in [0.15, 0.2) is 23.1 Å². The summed E-state index contributed by atoms with van der Waals surface area (Å²) < 4.78 is 27.0. The number of carboxylic acids is 1. The molecule has 1 aromatic rings. The molecule has 2 N–H and O–H groups in total. The second-order valence-electron chi connectivity index (χ2n) is 5.46. The Hall–Kier alpha value is -1.40. The molecule has 0 atom stereocenters. The largest absolute Gasteiger partial charge is 0.478 e. The summed E-state index contributed by atoms with van der Waals surface area (Å²) in [6, 6.07) is 4.17. The molecule has 1 fully saturated rings. The molecule has 2 rings (SSSR count). The lowest BCUT2D eigenvalue weighted by Crippen LogP contribution is -2.30. The molecule has 1 saturated carbocycles. The molecule has 1 aliphatic carbocycles. The predicted octanol–water partition coefficient (Wildman–Crippen LogP) is 2.16. The highest BCUT2D eigenvalue weighted by molar-refractivity contribution is 7.89. The van der Waals surface area contributed by atoms with Gasteiger partial charge in [0.1, 0.15) is 0 Å². The van der Waals surface area contributed by atoms with Crippen molar-refractivity contribution in [3.8, 4) is 0 Å². The Bertz CT molecular complexity index is 633. The molecule has 0 bridgehead atoms. The summed E-state index contributed by atoms with van der Waals surface area (Å²) in [5, 5.41) is 9.05. The molecule has 1 aromatic carbocycles. The van der Waals surface area contributed by atoms with Crippen molar-refractivity contribution in [2.45, 2.75) is 38.0 Å². The maximum atomic E-state index is 12.2. The SMILES string of the molecule is CCC1(CNS(=O)(=O)c2ccc(C)c(C(=O)O)c2)CC1. The predicted molar refractivity (Wildman–Crippen MR) is 75.3 cm³/mol. The Morgan fingerprint density at radius 1 is 1.40 bits per heavy atom. The van der Waals surface area contributed by atoms with E-state index in [0.29, 0.717) is 12.1 Å². The molecule has 5 nitrogen and oxygen atoms in total. The van der Waals surface area contributed by atoms with Gasteiger partial charge >= 0.3 is 5.97 Å². The van der Waals surface area contributed by atoms with E-state index < -0.39 is 16.0 Å². The highest BCUT2D eigenvalue weighted by Gasteiger charge is 2.41. The van der Waals surface area contributed by atoms with E-state index in [1.807, 2.05) is 0 Å². The lowest BCUT2D eigenvalue weighted by molar-refractivity contribution is 0.0696. The number of carbonyl (C=O) groups is 1. The van der Waals surface area contributed by atoms with Gasteiger partial charge in [0.2, 0.25) is 10.0 Å². The van der Waals surface area contributed by atoms with Gasteiger partial charge in [-0.15, -0.1) is 0 Å². The summed E-state index contributed by atoms with van der Waals surface area (Å²) >= 11 is 0. The van der Waals surface area contributed by atoms with E-state index >= 15 is 0 Å². The van der Waals surface area contributed by atoms with Crippen molar-refractivity contribution < 1.29 is 18.3 Å². The van der Waals surface area contributed by atoms with Crippen molar-refractivity contribution >= 4 is 16.0 Å². The van der Waals surface area contributed by atoms with Gasteiger partial charge in [-0.1, -0.05) is 13.0 Å². The smallest absolute Gasteiger partial charge is 0.335 e. The maximum Gasteiger partial charge on any atom is 0.335 e. The Morgan fingerprint density at radius 2 is 2.05 bits per heavy atom. The van der Waals surface area contributed by atoms with E-state index in [0.717, 1.165) is 19.3 Å². The third-order valence-corrected chi connectivity index (χ3v) is 5.49. The topological polar surface area (TPSA) is 83.5 Å². The summed E-state index contributed by atoms with van der Waals surface area (Å²) in [5.74, 6) is -1.12. The van der Waals surface area contributed by atoms with E-state index in [2.05, 4.69) is 11.6 Å². The van der Waals surface area contributed by atoms with E-state index in [4.69, 9.17) is 5.11 Å². The van der Waals surface area contributed by atoms with Crippen LogP contribution in [0.1, 0.15) is 42.1 Å². The van der Waals surface area contributed by atoms with E-state index in [1.165, 1.54) is 18.2 Å². The minimum Gasteiger partial charge on any atom is -0.478 e. The van der Waals surface area contributed by atoms with Crippen LogP contribution in [-0.4, -0.2) is 26.0 Å². The van der Waals surface area contributed by atoms with Crippen molar-refractivity contribution in [1.29, 1.82) is 0 Å². The van der Waals surface area contributed by atoms with Crippen LogP contribution in [0, 0.1) is 12.3 Å². The summed E-state index contributed by atoms with van der Waals surface area (Å²) in [4.78, 5) is 11.1.